The Labute approximate surface area is 145 Å². The van der Waals surface area contributed by atoms with Gasteiger partial charge in [0.25, 0.3) is 0 Å². The summed E-state index contributed by atoms with van der Waals surface area (Å²) in [5.74, 6) is 0.840. The Morgan fingerprint density at radius 2 is 1.88 bits per heavy atom. The second-order valence-corrected chi connectivity index (χ2v) is 7.88. The van der Waals surface area contributed by atoms with E-state index in [9.17, 15) is 10.1 Å². The van der Waals surface area contributed by atoms with Crippen molar-refractivity contribution < 1.29 is 9.53 Å². The summed E-state index contributed by atoms with van der Waals surface area (Å²) in [4.78, 5) is 12.7. The minimum atomic E-state index is -0.173. The molecule has 1 heterocycles. The molecule has 132 valence electrons. The number of nitrogens with zero attached hydrogens (tertiary/aromatic N) is 1. The molecule has 0 amide bonds. The van der Waals surface area contributed by atoms with Gasteiger partial charge in [-0.25, -0.2) is 0 Å². The number of nitrogens with two attached hydrogens (primary N) is 1. The summed E-state index contributed by atoms with van der Waals surface area (Å²) in [6.45, 7) is 6.35. The van der Waals surface area contributed by atoms with Crippen LogP contribution in [-0.2, 0) is 9.53 Å². The van der Waals surface area contributed by atoms with Crippen molar-refractivity contribution in [3.8, 4) is 6.07 Å². The van der Waals surface area contributed by atoms with Gasteiger partial charge < -0.3 is 10.5 Å². The van der Waals surface area contributed by atoms with Gasteiger partial charge in [-0.2, -0.15) is 5.26 Å². The zero-order valence-corrected chi connectivity index (χ0v) is 15.3. The number of nitriles is 1. The number of ether oxygens (including phenoxy) is 1. The van der Waals surface area contributed by atoms with Gasteiger partial charge in [0.05, 0.1) is 5.57 Å². The molecule has 24 heavy (non-hydrogen) atoms. The summed E-state index contributed by atoms with van der Waals surface area (Å²) in [6.07, 6.45) is 9.16. The number of carbonyl (C=O) groups excluding carboxylic acids is 1. The number of rotatable bonds is 7. The molecular formula is C20H30N2O2. The molecule has 2 rings (SSSR count). The lowest BCUT2D eigenvalue weighted by Crippen LogP contribution is -2.34. The van der Waals surface area contributed by atoms with E-state index in [1.54, 1.807) is 0 Å². The molecule has 0 saturated heterocycles. The topological polar surface area (TPSA) is 76.1 Å². The Bertz CT molecular complexity index is 593. The highest BCUT2D eigenvalue weighted by Gasteiger charge is 2.41. The molecule has 4 heteroatoms. The highest BCUT2D eigenvalue weighted by molar-refractivity contribution is 5.98. The maximum Gasteiger partial charge on any atom is 0.204 e. The van der Waals surface area contributed by atoms with Crippen LogP contribution in [0.25, 0.3) is 0 Å². The molecule has 0 spiro atoms. The van der Waals surface area contributed by atoms with Gasteiger partial charge in [-0.3, -0.25) is 4.79 Å². The lowest BCUT2D eigenvalue weighted by Gasteiger charge is -2.37. The minimum absolute atomic E-state index is 0.106. The van der Waals surface area contributed by atoms with Crippen LogP contribution in [0.2, 0.25) is 0 Å². The van der Waals surface area contributed by atoms with Gasteiger partial charge in [-0.15, -0.1) is 0 Å². The molecular weight excluding hydrogens is 300 g/mol. The summed E-state index contributed by atoms with van der Waals surface area (Å²) in [5.41, 5.74) is 7.03. The zero-order chi connectivity index (χ0) is 17.7. The van der Waals surface area contributed by atoms with Crippen molar-refractivity contribution >= 4 is 5.78 Å². The molecule has 0 aromatic rings. The number of hydrogen-bond acceptors (Lipinski definition) is 4. The van der Waals surface area contributed by atoms with E-state index in [0.29, 0.717) is 29.7 Å². The Hall–Kier alpha value is -1.76. The third kappa shape index (κ3) is 4.20. The number of Topliss-reactive ketones (excluding diaryl/α,β-unsaturated/α-hetero) is 1. The van der Waals surface area contributed by atoms with Crippen molar-refractivity contribution in [1.82, 2.24) is 0 Å². The van der Waals surface area contributed by atoms with E-state index in [1.165, 1.54) is 25.7 Å². The van der Waals surface area contributed by atoms with Crippen LogP contribution < -0.4 is 5.73 Å². The average molecular weight is 330 g/mol. The van der Waals surface area contributed by atoms with Crippen molar-refractivity contribution in [2.75, 3.05) is 0 Å². The largest absolute Gasteiger partial charge is 0.444 e. The van der Waals surface area contributed by atoms with Crippen LogP contribution in [0.5, 0.6) is 0 Å². The highest BCUT2D eigenvalue weighted by Crippen LogP contribution is 2.45. The Morgan fingerprint density at radius 1 is 1.21 bits per heavy atom. The first kappa shape index (κ1) is 18.6. The number of allylic oxidation sites excluding steroid dienone is 3. The minimum Gasteiger partial charge on any atom is -0.444 e. The SMILES string of the molecule is CCCCCCCCC1C(C#N)=C(N)OC2=C1C(=O)CC(C)(C)C2. The lowest BCUT2D eigenvalue weighted by molar-refractivity contribution is -0.119. The average Bonchev–Trinajstić information content (AvgIpc) is 2.48. The smallest absolute Gasteiger partial charge is 0.204 e. The Kier molecular flexibility index (Phi) is 6.10. The van der Waals surface area contributed by atoms with Crippen molar-refractivity contribution in [3.63, 3.8) is 0 Å². The van der Waals surface area contributed by atoms with Gasteiger partial charge in [0.1, 0.15) is 11.8 Å². The second kappa shape index (κ2) is 7.88. The van der Waals surface area contributed by atoms with Crippen LogP contribution in [0.1, 0.15) is 78.6 Å². The molecule has 1 aliphatic heterocycles. The van der Waals surface area contributed by atoms with Crippen LogP contribution in [0.15, 0.2) is 22.8 Å². The summed E-state index contributed by atoms with van der Waals surface area (Å²) in [6, 6.07) is 2.18. The molecule has 1 atom stereocenters. The predicted molar refractivity (Wildman–Crippen MR) is 94.4 cm³/mol. The first-order chi connectivity index (χ1) is 11.4. The van der Waals surface area contributed by atoms with E-state index in [-0.39, 0.29) is 23.0 Å². The Balaban J connectivity index is 2.12. The summed E-state index contributed by atoms with van der Waals surface area (Å²) >= 11 is 0. The highest BCUT2D eigenvalue weighted by atomic mass is 16.5. The molecule has 0 radical (unpaired) electrons. The van der Waals surface area contributed by atoms with E-state index in [0.717, 1.165) is 19.3 Å². The fourth-order valence-electron chi connectivity index (χ4n) is 3.81. The lowest BCUT2D eigenvalue weighted by atomic mass is 9.71. The van der Waals surface area contributed by atoms with Crippen molar-refractivity contribution in [1.29, 1.82) is 5.26 Å². The quantitative estimate of drug-likeness (QED) is 0.685. The molecule has 0 aromatic heterocycles. The zero-order valence-electron chi connectivity index (χ0n) is 15.3. The van der Waals surface area contributed by atoms with E-state index in [2.05, 4.69) is 26.8 Å². The van der Waals surface area contributed by atoms with Crippen LogP contribution in [0.4, 0.5) is 0 Å². The van der Waals surface area contributed by atoms with Crippen molar-refractivity contribution in [2.45, 2.75) is 78.6 Å². The summed E-state index contributed by atoms with van der Waals surface area (Å²) in [7, 11) is 0. The number of ketones is 1. The fourth-order valence-corrected chi connectivity index (χ4v) is 3.81. The molecule has 1 unspecified atom stereocenters. The number of carbonyl (C=O) groups is 1. The molecule has 0 bridgehead atoms. The summed E-state index contributed by atoms with van der Waals surface area (Å²) < 4.78 is 5.68. The molecule has 2 N–H and O–H groups in total. The molecule has 0 saturated carbocycles. The van der Waals surface area contributed by atoms with Crippen molar-refractivity contribution in [2.24, 2.45) is 17.1 Å². The van der Waals surface area contributed by atoms with Gasteiger partial charge in [0, 0.05) is 24.3 Å². The van der Waals surface area contributed by atoms with Crippen molar-refractivity contribution in [3.05, 3.63) is 22.8 Å². The predicted octanol–water partition coefficient (Wildman–Crippen LogP) is 4.72. The normalized spacial score (nSPS) is 22.9. The first-order valence-corrected chi connectivity index (χ1v) is 9.23. The van der Waals surface area contributed by atoms with E-state index >= 15 is 0 Å². The number of hydrogen-bond donors (Lipinski definition) is 1. The standard InChI is InChI=1S/C20H30N2O2/c1-4-5-6-7-8-9-10-14-15(13-21)19(22)24-17-12-20(2,3)11-16(23)18(14)17/h14H,4-12,22H2,1-3H3. The summed E-state index contributed by atoms with van der Waals surface area (Å²) in [5, 5.41) is 9.48. The van der Waals surface area contributed by atoms with Gasteiger partial charge in [-0.1, -0.05) is 59.3 Å². The van der Waals surface area contributed by atoms with Gasteiger partial charge >= 0.3 is 0 Å². The monoisotopic (exact) mass is 330 g/mol. The number of unbranched alkanes of at least 4 members (excludes halogenated alkanes) is 5. The van der Waals surface area contributed by atoms with Gasteiger partial charge in [0.15, 0.2) is 5.78 Å². The van der Waals surface area contributed by atoms with E-state index in [4.69, 9.17) is 10.5 Å². The van der Waals surface area contributed by atoms with E-state index in [1.807, 2.05) is 0 Å². The fraction of sp³-hybridized carbons (Fsp3) is 0.700. The Morgan fingerprint density at radius 3 is 2.54 bits per heavy atom. The second-order valence-electron chi connectivity index (χ2n) is 7.88. The first-order valence-electron chi connectivity index (χ1n) is 9.23. The van der Waals surface area contributed by atoms with Gasteiger partial charge in [-0.05, 0) is 11.8 Å². The maximum absolute atomic E-state index is 12.7. The molecule has 4 nitrogen and oxygen atoms in total. The molecule has 0 aromatic carbocycles. The molecule has 2 aliphatic rings. The van der Waals surface area contributed by atoms with E-state index < -0.39 is 0 Å². The third-order valence-corrected chi connectivity index (χ3v) is 5.04. The van der Waals surface area contributed by atoms with Gasteiger partial charge in [0.2, 0.25) is 5.88 Å². The van der Waals surface area contributed by atoms with Crippen LogP contribution in [0, 0.1) is 22.7 Å². The third-order valence-electron chi connectivity index (χ3n) is 5.04. The molecule has 0 fully saturated rings. The van der Waals surface area contributed by atoms with Crippen LogP contribution in [0.3, 0.4) is 0 Å². The molecule has 1 aliphatic carbocycles. The van der Waals surface area contributed by atoms with Crippen LogP contribution in [-0.4, -0.2) is 5.78 Å². The van der Waals surface area contributed by atoms with Crippen LogP contribution >= 0.6 is 0 Å². The maximum atomic E-state index is 12.7.